The van der Waals surface area contributed by atoms with E-state index >= 15 is 0 Å². The van der Waals surface area contributed by atoms with Crippen LogP contribution in [0.5, 0.6) is 0 Å². The Labute approximate surface area is 233 Å². The maximum Gasteiger partial charge on any atom is 0.417 e. The zero-order valence-electron chi connectivity index (χ0n) is 20.8. The van der Waals surface area contributed by atoms with Gasteiger partial charge in [0, 0.05) is 50.0 Å². The number of halogens is 6. The molecule has 1 unspecified atom stereocenters. The second-order valence-corrected chi connectivity index (χ2v) is 10.8. The van der Waals surface area contributed by atoms with Crippen molar-refractivity contribution in [3.8, 4) is 0 Å². The summed E-state index contributed by atoms with van der Waals surface area (Å²) in [5.41, 5.74) is -0.952. The number of nitrogens with zero attached hydrogens (tertiary/aromatic N) is 4. The number of hydrogen-bond donors (Lipinski definition) is 0. The number of pyridine rings is 1. The Bertz CT molecular complexity index is 1490. The Hall–Kier alpha value is -3.32. The summed E-state index contributed by atoms with van der Waals surface area (Å²) in [6.07, 6.45) is -3.60. The molecule has 0 bridgehead atoms. The highest BCUT2D eigenvalue weighted by atomic mass is 35.5. The van der Waals surface area contributed by atoms with Crippen LogP contribution in [0.2, 0.25) is 5.02 Å². The lowest BCUT2D eigenvalue weighted by molar-refractivity contribution is -0.138. The van der Waals surface area contributed by atoms with E-state index < -0.39 is 40.1 Å². The van der Waals surface area contributed by atoms with Crippen LogP contribution >= 0.6 is 22.9 Å². The topological polar surface area (TPSA) is 76.8 Å². The molecule has 1 fully saturated rings. The van der Waals surface area contributed by atoms with Gasteiger partial charge in [-0.25, -0.2) is 13.8 Å². The summed E-state index contributed by atoms with van der Waals surface area (Å²) in [4.78, 5) is 36.4. The fourth-order valence-corrected chi connectivity index (χ4v) is 6.01. The highest BCUT2D eigenvalue weighted by Crippen LogP contribution is 2.35. The lowest BCUT2D eigenvalue weighted by atomic mass is 9.97. The quantitative estimate of drug-likeness (QED) is 0.329. The largest absolute Gasteiger partial charge is 0.417 e. The molecule has 0 spiro atoms. The monoisotopic (exact) mass is 600 g/mol. The van der Waals surface area contributed by atoms with Crippen molar-refractivity contribution in [3.63, 3.8) is 0 Å². The molecule has 0 saturated carbocycles. The summed E-state index contributed by atoms with van der Waals surface area (Å²) in [6.45, 7) is 0.629. The Morgan fingerprint density at radius 1 is 1.18 bits per heavy atom. The van der Waals surface area contributed by atoms with Gasteiger partial charge in [0.15, 0.2) is 6.10 Å². The van der Waals surface area contributed by atoms with Crippen molar-refractivity contribution >= 4 is 34.6 Å². The second kappa shape index (κ2) is 11.3. The van der Waals surface area contributed by atoms with E-state index in [1.807, 2.05) is 5.38 Å². The van der Waals surface area contributed by atoms with Gasteiger partial charge in [-0.3, -0.25) is 9.59 Å². The summed E-state index contributed by atoms with van der Waals surface area (Å²) in [6, 6.07) is 4.19. The number of hydrogen-bond acceptors (Lipinski definition) is 6. The van der Waals surface area contributed by atoms with E-state index in [9.17, 15) is 31.5 Å². The maximum atomic E-state index is 14.1. The summed E-state index contributed by atoms with van der Waals surface area (Å²) >= 11 is 7.10. The molecule has 5 rings (SSSR count). The first kappa shape index (κ1) is 28.2. The number of piperidine rings is 1. The van der Waals surface area contributed by atoms with Gasteiger partial charge < -0.3 is 14.3 Å². The molecule has 2 aliphatic heterocycles. The zero-order chi connectivity index (χ0) is 28.6. The standard InChI is InChI=1S/C26H22ClF5N4O3S/c27-16-10-15(26(30,31)32)12-36(25(16)38)9-6-22(37)35-7-4-14(5-8-35)24-33-20(13-40-24)19-11-21(39-34-19)23-17(28)2-1-3-18(23)29/h1-3,10,12-14,21H,4-9,11H2. The molecule has 14 heteroatoms. The van der Waals surface area contributed by atoms with Gasteiger partial charge in [0.05, 0.1) is 21.8 Å². The second-order valence-electron chi connectivity index (χ2n) is 9.52. The van der Waals surface area contributed by atoms with Crippen LogP contribution < -0.4 is 5.56 Å². The van der Waals surface area contributed by atoms with Gasteiger partial charge in [0.2, 0.25) is 5.91 Å². The van der Waals surface area contributed by atoms with Crippen molar-refractivity contribution in [2.24, 2.45) is 5.16 Å². The number of likely N-dealkylation sites (tertiary alicyclic amines) is 1. The van der Waals surface area contributed by atoms with E-state index in [1.165, 1.54) is 29.5 Å². The summed E-state index contributed by atoms with van der Waals surface area (Å²) in [5.74, 6) is -1.60. The first-order valence-electron chi connectivity index (χ1n) is 12.4. The minimum atomic E-state index is -4.67. The van der Waals surface area contributed by atoms with Gasteiger partial charge in [-0.05, 0) is 31.0 Å². The van der Waals surface area contributed by atoms with E-state index in [2.05, 4.69) is 10.1 Å². The average Bonchev–Trinajstić information content (AvgIpc) is 3.59. The minimum absolute atomic E-state index is 0.0791. The molecule has 3 aromatic rings. The molecular weight excluding hydrogens is 579 g/mol. The van der Waals surface area contributed by atoms with E-state index in [-0.39, 0.29) is 36.8 Å². The smallest absolute Gasteiger partial charge is 0.387 e. The summed E-state index contributed by atoms with van der Waals surface area (Å²) < 4.78 is 68.2. The van der Waals surface area contributed by atoms with Crippen molar-refractivity contribution in [3.05, 3.63) is 84.7 Å². The molecule has 1 amide bonds. The number of thiazole rings is 1. The van der Waals surface area contributed by atoms with E-state index in [0.717, 1.165) is 9.57 Å². The van der Waals surface area contributed by atoms with Crippen molar-refractivity contribution < 1.29 is 31.6 Å². The van der Waals surface area contributed by atoms with Crippen LogP contribution in [0.25, 0.3) is 0 Å². The van der Waals surface area contributed by atoms with E-state index in [1.54, 1.807) is 4.90 Å². The van der Waals surface area contributed by atoms with E-state index in [4.69, 9.17) is 16.4 Å². The Balaban J connectivity index is 1.15. The molecule has 4 heterocycles. The predicted octanol–water partition coefficient (Wildman–Crippen LogP) is 5.92. The SMILES string of the molecule is O=C(CCn1cc(C(F)(F)F)cc(Cl)c1=O)N1CCC(c2nc(C3=NOC(c4c(F)cccc4F)C3)cs2)CC1. The Morgan fingerprint density at radius 3 is 2.55 bits per heavy atom. The fraction of sp³-hybridized carbons (Fsp3) is 0.385. The first-order valence-corrected chi connectivity index (χ1v) is 13.6. The van der Waals surface area contributed by atoms with Crippen molar-refractivity contribution in [2.45, 2.75) is 50.4 Å². The molecule has 2 aromatic heterocycles. The van der Waals surface area contributed by atoms with Gasteiger partial charge in [-0.2, -0.15) is 13.2 Å². The molecule has 1 saturated heterocycles. The number of alkyl halides is 3. The predicted molar refractivity (Wildman–Crippen MR) is 137 cm³/mol. The van der Waals surface area contributed by atoms with Crippen LogP contribution in [-0.4, -0.2) is 39.2 Å². The normalized spacial score (nSPS) is 18.1. The number of benzene rings is 1. The number of rotatable bonds is 6. The highest BCUT2D eigenvalue weighted by Gasteiger charge is 2.33. The number of carbonyl (C=O) groups excluding carboxylic acids is 1. The molecule has 1 atom stereocenters. The number of carbonyl (C=O) groups is 1. The van der Waals surface area contributed by atoms with Crippen LogP contribution in [0.3, 0.4) is 0 Å². The zero-order valence-corrected chi connectivity index (χ0v) is 22.3. The molecule has 1 aromatic carbocycles. The average molecular weight is 601 g/mol. The van der Waals surface area contributed by atoms with Crippen LogP contribution in [0.1, 0.15) is 59.5 Å². The van der Waals surface area contributed by atoms with Crippen LogP contribution in [0.15, 0.2) is 45.8 Å². The lowest BCUT2D eigenvalue weighted by Gasteiger charge is -2.31. The number of oxime groups is 1. The van der Waals surface area contributed by atoms with Gasteiger partial charge in [0.1, 0.15) is 22.4 Å². The van der Waals surface area contributed by atoms with Crippen LogP contribution in [0.4, 0.5) is 22.0 Å². The third kappa shape index (κ3) is 5.90. The molecular formula is C26H22ClF5N4O3S. The maximum absolute atomic E-state index is 14.1. The molecule has 40 heavy (non-hydrogen) atoms. The van der Waals surface area contributed by atoms with Crippen molar-refractivity contribution in [2.75, 3.05) is 13.1 Å². The number of aromatic nitrogens is 2. The van der Waals surface area contributed by atoms with Gasteiger partial charge in [0.25, 0.3) is 5.56 Å². The lowest BCUT2D eigenvalue weighted by Crippen LogP contribution is -2.38. The third-order valence-electron chi connectivity index (χ3n) is 6.94. The minimum Gasteiger partial charge on any atom is -0.387 e. The molecule has 0 aliphatic carbocycles. The summed E-state index contributed by atoms with van der Waals surface area (Å²) in [7, 11) is 0. The van der Waals surface area contributed by atoms with Crippen molar-refractivity contribution in [1.82, 2.24) is 14.5 Å². The first-order chi connectivity index (χ1) is 19.0. The molecule has 212 valence electrons. The van der Waals surface area contributed by atoms with Gasteiger partial charge in [-0.15, -0.1) is 11.3 Å². The third-order valence-corrected chi connectivity index (χ3v) is 8.22. The van der Waals surface area contributed by atoms with Crippen molar-refractivity contribution in [1.29, 1.82) is 0 Å². The number of aryl methyl sites for hydroxylation is 1. The molecule has 7 nitrogen and oxygen atoms in total. The highest BCUT2D eigenvalue weighted by molar-refractivity contribution is 7.10. The fourth-order valence-electron chi connectivity index (χ4n) is 4.78. The van der Waals surface area contributed by atoms with Gasteiger partial charge in [-0.1, -0.05) is 22.8 Å². The molecule has 2 aliphatic rings. The Morgan fingerprint density at radius 2 is 1.88 bits per heavy atom. The molecule has 0 N–H and O–H groups in total. The van der Waals surface area contributed by atoms with E-state index in [0.29, 0.717) is 49.6 Å². The Kier molecular flexibility index (Phi) is 7.96. The summed E-state index contributed by atoms with van der Waals surface area (Å²) in [5, 5.41) is 6.09. The van der Waals surface area contributed by atoms with Gasteiger partial charge >= 0.3 is 6.18 Å². The van der Waals surface area contributed by atoms with Crippen LogP contribution in [-0.2, 0) is 22.4 Å². The number of amides is 1. The van der Waals surface area contributed by atoms with Crippen LogP contribution in [0, 0.1) is 11.6 Å². The molecule has 0 radical (unpaired) electrons.